The van der Waals surface area contributed by atoms with Gasteiger partial charge in [0.1, 0.15) is 26.2 Å². The van der Waals surface area contributed by atoms with E-state index in [1.54, 1.807) is 4.90 Å². The average molecular weight is 409 g/mol. The molecule has 156 valence electrons. The van der Waals surface area contributed by atoms with Crippen LogP contribution in [0.4, 0.5) is 0 Å². The van der Waals surface area contributed by atoms with E-state index in [4.69, 9.17) is 9.47 Å². The van der Waals surface area contributed by atoms with Gasteiger partial charge in [-0.15, -0.1) is 5.10 Å². The Morgan fingerprint density at radius 3 is 2.60 bits per heavy atom. The summed E-state index contributed by atoms with van der Waals surface area (Å²) < 4.78 is 12.9. The van der Waals surface area contributed by atoms with Crippen LogP contribution in [-0.2, 0) is 6.54 Å². The van der Waals surface area contributed by atoms with Gasteiger partial charge in [0.05, 0.1) is 13.1 Å². The lowest BCUT2D eigenvalue weighted by Crippen LogP contribution is -3.28. The number of benzene rings is 2. The lowest BCUT2D eigenvalue weighted by Gasteiger charge is -2.33. The zero-order chi connectivity index (χ0) is 20.3. The van der Waals surface area contributed by atoms with Crippen LogP contribution in [0.2, 0.25) is 0 Å². The number of tetrazole rings is 1. The highest BCUT2D eigenvalue weighted by molar-refractivity contribution is 5.44. The van der Waals surface area contributed by atoms with Crippen molar-refractivity contribution in [3.05, 3.63) is 65.5 Å². The fraction of sp³-hybridized carbons (Fsp3) is 0.409. The lowest BCUT2D eigenvalue weighted by atomic mass is 10.0. The van der Waals surface area contributed by atoms with Gasteiger partial charge in [-0.2, -0.15) is 0 Å². The minimum atomic E-state index is 0.119. The summed E-state index contributed by atoms with van der Waals surface area (Å²) in [5.41, 5.74) is 2.35. The molecule has 1 fully saturated rings. The molecule has 2 aliphatic heterocycles. The SMILES string of the molecule is CC[NH+]1CC[NH+]([C@H](c2ccccc2)c2nnnn2Cc2ccc3c(c2)OCO3)CC1. The van der Waals surface area contributed by atoms with Crippen LogP contribution in [-0.4, -0.2) is 59.7 Å². The maximum absolute atomic E-state index is 5.53. The first-order valence-electron chi connectivity index (χ1n) is 10.7. The van der Waals surface area contributed by atoms with Crippen molar-refractivity contribution in [2.45, 2.75) is 19.5 Å². The fourth-order valence-electron chi connectivity index (χ4n) is 4.52. The average Bonchev–Trinajstić information content (AvgIpc) is 3.45. The number of fused-ring (bicyclic) bond motifs is 1. The normalized spacial score (nSPS) is 21.5. The van der Waals surface area contributed by atoms with E-state index in [9.17, 15) is 0 Å². The second kappa shape index (κ2) is 8.41. The molecule has 0 aliphatic carbocycles. The van der Waals surface area contributed by atoms with Crippen LogP contribution in [0.1, 0.15) is 29.9 Å². The number of ether oxygens (including phenoxy) is 2. The summed E-state index contributed by atoms with van der Waals surface area (Å²) in [7, 11) is 0. The number of rotatable bonds is 6. The van der Waals surface area contributed by atoms with Crippen LogP contribution < -0.4 is 19.3 Å². The first-order chi connectivity index (χ1) is 14.8. The quantitative estimate of drug-likeness (QED) is 0.567. The van der Waals surface area contributed by atoms with Crippen molar-refractivity contribution in [1.82, 2.24) is 20.2 Å². The van der Waals surface area contributed by atoms with Crippen LogP contribution in [0, 0.1) is 0 Å². The molecule has 2 N–H and O–H groups in total. The molecule has 8 nitrogen and oxygen atoms in total. The predicted molar refractivity (Wildman–Crippen MR) is 110 cm³/mol. The van der Waals surface area contributed by atoms with Crippen molar-refractivity contribution in [1.29, 1.82) is 0 Å². The Hall–Kier alpha value is -2.97. The Bertz CT molecular complexity index is 984. The molecular weight excluding hydrogens is 380 g/mol. The molecule has 1 aromatic heterocycles. The molecule has 0 spiro atoms. The summed E-state index contributed by atoms with van der Waals surface area (Å²) in [4.78, 5) is 3.20. The highest BCUT2D eigenvalue weighted by Crippen LogP contribution is 2.32. The molecule has 0 bridgehead atoms. The molecule has 2 aliphatic rings. The topological polar surface area (TPSA) is 70.9 Å². The second-order valence-corrected chi connectivity index (χ2v) is 7.99. The number of hydrogen-bond donors (Lipinski definition) is 2. The van der Waals surface area contributed by atoms with E-state index < -0.39 is 0 Å². The van der Waals surface area contributed by atoms with Gasteiger partial charge in [-0.25, -0.2) is 4.68 Å². The van der Waals surface area contributed by atoms with Gasteiger partial charge in [-0.05, 0) is 35.0 Å². The van der Waals surface area contributed by atoms with Crippen molar-refractivity contribution in [3.8, 4) is 11.5 Å². The summed E-state index contributed by atoms with van der Waals surface area (Å²) in [6.45, 7) is 8.91. The van der Waals surface area contributed by atoms with Crippen LogP contribution in [0.25, 0.3) is 0 Å². The smallest absolute Gasteiger partial charge is 0.231 e. The first-order valence-corrected chi connectivity index (χ1v) is 10.7. The molecule has 1 saturated heterocycles. The summed E-state index contributed by atoms with van der Waals surface area (Å²) in [6, 6.07) is 16.8. The minimum absolute atomic E-state index is 0.119. The Morgan fingerprint density at radius 2 is 1.80 bits per heavy atom. The Balaban J connectivity index is 1.45. The van der Waals surface area contributed by atoms with Gasteiger partial charge in [0.2, 0.25) is 12.6 Å². The molecule has 0 saturated carbocycles. The third-order valence-corrected chi connectivity index (χ3v) is 6.23. The van der Waals surface area contributed by atoms with Gasteiger partial charge < -0.3 is 19.3 Å². The zero-order valence-electron chi connectivity index (χ0n) is 17.3. The number of quaternary nitrogens is 2. The zero-order valence-corrected chi connectivity index (χ0v) is 17.3. The monoisotopic (exact) mass is 408 g/mol. The number of aromatic nitrogens is 4. The summed E-state index contributed by atoms with van der Waals surface area (Å²) in [5.74, 6) is 2.48. The lowest BCUT2D eigenvalue weighted by molar-refractivity contribution is -1.02. The number of hydrogen-bond acceptors (Lipinski definition) is 5. The third kappa shape index (κ3) is 3.76. The molecule has 0 amide bonds. The van der Waals surface area contributed by atoms with Crippen molar-refractivity contribution in [2.24, 2.45) is 0 Å². The number of nitrogens with zero attached hydrogens (tertiary/aromatic N) is 4. The van der Waals surface area contributed by atoms with Crippen molar-refractivity contribution in [2.75, 3.05) is 39.5 Å². The van der Waals surface area contributed by atoms with E-state index in [1.807, 2.05) is 22.9 Å². The summed E-state index contributed by atoms with van der Waals surface area (Å²) in [6.07, 6.45) is 0. The van der Waals surface area contributed by atoms with Crippen LogP contribution in [0.15, 0.2) is 48.5 Å². The largest absolute Gasteiger partial charge is 0.454 e. The van der Waals surface area contributed by atoms with E-state index in [2.05, 4.69) is 52.8 Å². The summed E-state index contributed by atoms with van der Waals surface area (Å²) >= 11 is 0. The van der Waals surface area contributed by atoms with Gasteiger partial charge in [-0.3, -0.25) is 0 Å². The van der Waals surface area contributed by atoms with Crippen LogP contribution >= 0.6 is 0 Å². The Kier molecular flexibility index (Phi) is 5.33. The highest BCUT2D eigenvalue weighted by Gasteiger charge is 2.35. The van der Waals surface area contributed by atoms with Gasteiger partial charge in [0, 0.05) is 5.56 Å². The van der Waals surface area contributed by atoms with Gasteiger partial charge in [-0.1, -0.05) is 36.4 Å². The van der Waals surface area contributed by atoms with Gasteiger partial charge in [0.25, 0.3) is 0 Å². The molecule has 8 heteroatoms. The molecule has 0 radical (unpaired) electrons. The number of likely N-dealkylation sites (N-methyl/N-ethyl adjacent to an activating group) is 1. The van der Waals surface area contributed by atoms with Gasteiger partial charge >= 0.3 is 0 Å². The molecule has 1 atom stereocenters. The van der Waals surface area contributed by atoms with E-state index in [1.165, 1.54) is 30.1 Å². The molecule has 2 aromatic carbocycles. The molecular formula is C22H28N6O2+2. The van der Waals surface area contributed by atoms with E-state index in [0.717, 1.165) is 36.0 Å². The molecule has 3 aromatic rings. The Labute approximate surface area is 176 Å². The standard InChI is InChI=1S/C22H26N6O2/c1-2-26-10-12-27(13-11-26)21(18-6-4-3-5-7-18)22-23-24-25-28(22)15-17-8-9-19-20(14-17)30-16-29-19/h3-9,14,21H,2,10-13,15-16H2,1H3/p+2/t21-/m1/s1. The van der Waals surface area contributed by atoms with Gasteiger partial charge in [0.15, 0.2) is 17.5 Å². The highest BCUT2D eigenvalue weighted by atomic mass is 16.7. The Morgan fingerprint density at radius 1 is 1.00 bits per heavy atom. The van der Waals surface area contributed by atoms with E-state index in [-0.39, 0.29) is 12.8 Å². The van der Waals surface area contributed by atoms with E-state index >= 15 is 0 Å². The number of nitrogens with one attached hydrogen (secondary N) is 2. The molecule has 30 heavy (non-hydrogen) atoms. The van der Waals surface area contributed by atoms with E-state index in [0.29, 0.717) is 6.54 Å². The minimum Gasteiger partial charge on any atom is -0.454 e. The third-order valence-electron chi connectivity index (χ3n) is 6.23. The first kappa shape index (κ1) is 19.0. The predicted octanol–water partition coefficient (Wildman–Crippen LogP) is -0.657. The van der Waals surface area contributed by atoms with Crippen molar-refractivity contribution in [3.63, 3.8) is 0 Å². The second-order valence-electron chi connectivity index (χ2n) is 7.99. The van der Waals surface area contributed by atoms with Crippen molar-refractivity contribution < 1.29 is 19.3 Å². The maximum Gasteiger partial charge on any atom is 0.231 e. The number of piperazine rings is 1. The molecule has 0 unspecified atom stereocenters. The van der Waals surface area contributed by atoms with Crippen LogP contribution in [0.3, 0.4) is 0 Å². The molecule has 5 rings (SSSR count). The molecule has 3 heterocycles. The fourth-order valence-corrected chi connectivity index (χ4v) is 4.52. The van der Waals surface area contributed by atoms with Crippen LogP contribution in [0.5, 0.6) is 11.5 Å². The van der Waals surface area contributed by atoms with Crippen molar-refractivity contribution >= 4 is 0 Å². The summed E-state index contributed by atoms with van der Waals surface area (Å²) in [5, 5.41) is 12.9. The maximum atomic E-state index is 5.53.